The number of aromatic nitrogens is 2. The number of aromatic amines is 1. The van der Waals surface area contributed by atoms with E-state index in [-0.39, 0.29) is 22.6 Å². The van der Waals surface area contributed by atoms with Crippen LogP contribution in [-0.4, -0.2) is 15.3 Å². The monoisotopic (exact) mass is 466 g/mol. The summed E-state index contributed by atoms with van der Waals surface area (Å²) in [7, 11) is 0. The third-order valence-corrected chi connectivity index (χ3v) is 5.89. The van der Waals surface area contributed by atoms with Gasteiger partial charge in [-0.05, 0) is 48.6 Å². The van der Waals surface area contributed by atoms with Crippen LogP contribution in [0.2, 0.25) is 0 Å². The van der Waals surface area contributed by atoms with Crippen LogP contribution in [-0.2, 0) is 19.2 Å². The van der Waals surface area contributed by atoms with Crippen molar-refractivity contribution in [1.29, 1.82) is 0 Å². The van der Waals surface area contributed by atoms with Crippen molar-refractivity contribution in [2.75, 3.05) is 0 Å². The number of benzene rings is 3. The standard InChI is InChI=1S/C27H25F3N2O2/c1-4-19-14-21(24(33)17(3)25(19)34-15-18-11-6-5-7-12-18)23-22(20-13-9-8-10-16(20)2)26(32-31-23)27(28,29)30/h5-14,33H,4,15H2,1-3H3,(H,31,32). The van der Waals surface area contributed by atoms with Crippen molar-refractivity contribution in [2.45, 2.75) is 40.0 Å². The minimum Gasteiger partial charge on any atom is -0.507 e. The number of nitrogens with one attached hydrogen (secondary N) is 1. The van der Waals surface area contributed by atoms with Gasteiger partial charge in [0.2, 0.25) is 0 Å². The topological polar surface area (TPSA) is 58.1 Å². The van der Waals surface area contributed by atoms with Crippen molar-refractivity contribution in [3.63, 3.8) is 0 Å². The van der Waals surface area contributed by atoms with Gasteiger partial charge in [0.1, 0.15) is 29.5 Å². The van der Waals surface area contributed by atoms with Gasteiger partial charge in [0.25, 0.3) is 0 Å². The number of ether oxygens (including phenoxy) is 1. The first kappa shape index (κ1) is 23.4. The van der Waals surface area contributed by atoms with E-state index in [4.69, 9.17) is 4.74 Å². The smallest absolute Gasteiger partial charge is 0.433 e. The van der Waals surface area contributed by atoms with Crippen molar-refractivity contribution in [1.82, 2.24) is 10.2 Å². The van der Waals surface area contributed by atoms with Crippen LogP contribution in [0.5, 0.6) is 11.5 Å². The van der Waals surface area contributed by atoms with Crippen molar-refractivity contribution < 1.29 is 23.0 Å². The molecule has 0 aliphatic carbocycles. The Morgan fingerprint density at radius 2 is 1.65 bits per heavy atom. The molecule has 34 heavy (non-hydrogen) atoms. The molecule has 2 N–H and O–H groups in total. The van der Waals surface area contributed by atoms with E-state index in [9.17, 15) is 18.3 Å². The molecule has 0 radical (unpaired) electrons. The summed E-state index contributed by atoms with van der Waals surface area (Å²) < 4.78 is 47.7. The van der Waals surface area contributed by atoms with Crippen LogP contribution in [0.25, 0.3) is 22.4 Å². The van der Waals surface area contributed by atoms with Crippen LogP contribution < -0.4 is 4.74 Å². The minimum atomic E-state index is -4.64. The van der Waals surface area contributed by atoms with Crippen molar-refractivity contribution in [2.24, 2.45) is 0 Å². The second kappa shape index (κ2) is 9.25. The molecule has 1 aromatic heterocycles. The molecule has 4 aromatic rings. The first-order valence-electron chi connectivity index (χ1n) is 11.0. The molecule has 0 bridgehead atoms. The largest absolute Gasteiger partial charge is 0.507 e. The Labute approximate surface area is 196 Å². The summed E-state index contributed by atoms with van der Waals surface area (Å²) in [5.41, 5.74) is 2.51. The number of aromatic hydroxyl groups is 1. The van der Waals surface area contributed by atoms with Crippen molar-refractivity contribution in [3.05, 3.63) is 88.6 Å². The quantitative estimate of drug-likeness (QED) is 0.315. The molecule has 176 valence electrons. The fraction of sp³-hybridized carbons (Fsp3) is 0.222. The van der Waals surface area contributed by atoms with Gasteiger partial charge in [-0.2, -0.15) is 18.3 Å². The lowest BCUT2D eigenvalue weighted by Crippen LogP contribution is -2.07. The Hall–Kier alpha value is -3.74. The number of alkyl halides is 3. The van der Waals surface area contributed by atoms with Gasteiger partial charge in [-0.1, -0.05) is 61.5 Å². The van der Waals surface area contributed by atoms with Crippen molar-refractivity contribution in [3.8, 4) is 33.9 Å². The van der Waals surface area contributed by atoms with E-state index in [1.807, 2.05) is 37.3 Å². The molecule has 0 atom stereocenters. The molecule has 4 rings (SSSR count). The van der Waals surface area contributed by atoms with Crippen LogP contribution in [0.4, 0.5) is 13.2 Å². The number of hydrogen-bond acceptors (Lipinski definition) is 3. The molecule has 0 aliphatic heterocycles. The predicted molar refractivity (Wildman–Crippen MR) is 126 cm³/mol. The number of phenols is 1. The van der Waals surface area contributed by atoms with Gasteiger partial charge in [0, 0.05) is 16.7 Å². The molecule has 0 saturated heterocycles. The summed E-state index contributed by atoms with van der Waals surface area (Å²) in [5, 5.41) is 17.3. The van der Waals surface area contributed by atoms with Crippen LogP contribution in [0.3, 0.4) is 0 Å². The number of phenolic OH excluding ortho intramolecular Hbond substituents is 1. The molecule has 1 heterocycles. The number of H-pyrrole nitrogens is 1. The summed E-state index contributed by atoms with van der Waals surface area (Å²) in [5.74, 6) is 0.368. The average Bonchev–Trinajstić information content (AvgIpc) is 3.26. The lowest BCUT2D eigenvalue weighted by molar-refractivity contribution is -0.140. The van der Waals surface area contributed by atoms with E-state index in [0.717, 1.165) is 11.1 Å². The first-order chi connectivity index (χ1) is 16.2. The van der Waals surface area contributed by atoms with Crippen LogP contribution in [0, 0.1) is 13.8 Å². The fourth-order valence-electron chi connectivity index (χ4n) is 4.09. The second-order valence-corrected chi connectivity index (χ2v) is 8.15. The highest BCUT2D eigenvalue weighted by atomic mass is 19.4. The average molecular weight is 467 g/mol. The van der Waals surface area contributed by atoms with E-state index in [1.165, 1.54) is 0 Å². The van der Waals surface area contributed by atoms with E-state index in [0.29, 0.717) is 35.5 Å². The summed E-state index contributed by atoms with van der Waals surface area (Å²) in [6, 6.07) is 18.1. The van der Waals surface area contributed by atoms with Crippen molar-refractivity contribution >= 4 is 0 Å². The second-order valence-electron chi connectivity index (χ2n) is 8.15. The van der Waals surface area contributed by atoms with Crippen LogP contribution in [0.1, 0.15) is 34.9 Å². The van der Waals surface area contributed by atoms with Gasteiger partial charge in [0.15, 0.2) is 0 Å². The summed E-state index contributed by atoms with van der Waals surface area (Å²) >= 11 is 0. The molecule has 3 aromatic carbocycles. The Balaban J connectivity index is 1.86. The maximum Gasteiger partial charge on any atom is 0.433 e. The number of aryl methyl sites for hydroxylation is 2. The van der Waals surface area contributed by atoms with Crippen LogP contribution >= 0.6 is 0 Å². The molecule has 0 amide bonds. The van der Waals surface area contributed by atoms with E-state index < -0.39 is 11.9 Å². The molecular formula is C27H25F3N2O2. The number of rotatable bonds is 6. The Morgan fingerprint density at radius 3 is 2.29 bits per heavy atom. The highest BCUT2D eigenvalue weighted by Crippen LogP contribution is 2.47. The van der Waals surface area contributed by atoms with Gasteiger partial charge < -0.3 is 9.84 Å². The van der Waals surface area contributed by atoms with Gasteiger partial charge in [-0.25, -0.2) is 0 Å². The van der Waals surface area contributed by atoms with E-state index in [1.54, 1.807) is 44.2 Å². The molecular weight excluding hydrogens is 441 g/mol. The van der Waals surface area contributed by atoms with Gasteiger partial charge >= 0.3 is 6.18 Å². The zero-order valence-electron chi connectivity index (χ0n) is 19.1. The molecule has 0 aliphatic rings. The lowest BCUT2D eigenvalue weighted by atomic mass is 9.92. The number of nitrogens with zero attached hydrogens (tertiary/aromatic N) is 1. The molecule has 0 spiro atoms. The molecule has 0 saturated carbocycles. The number of hydrogen-bond donors (Lipinski definition) is 2. The highest BCUT2D eigenvalue weighted by Gasteiger charge is 2.39. The first-order valence-corrected chi connectivity index (χ1v) is 11.0. The summed E-state index contributed by atoms with van der Waals surface area (Å²) in [4.78, 5) is 0. The SMILES string of the molecule is CCc1cc(-c2n[nH]c(C(F)(F)F)c2-c2ccccc2C)c(O)c(C)c1OCc1ccccc1. The molecule has 7 heteroatoms. The Morgan fingerprint density at radius 1 is 0.971 bits per heavy atom. The summed E-state index contributed by atoms with van der Waals surface area (Å²) in [6.07, 6.45) is -4.08. The van der Waals surface area contributed by atoms with E-state index >= 15 is 0 Å². The van der Waals surface area contributed by atoms with E-state index in [2.05, 4.69) is 10.2 Å². The van der Waals surface area contributed by atoms with Gasteiger partial charge in [-0.15, -0.1) is 0 Å². The zero-order chi connectivity index (χ0) is 24.5. The molecule has 4 nitrogen and oxygen atoms in total. The fourth-order valence-corrected chi connectivity index (χ4v) is 4.09. The normalized spacial score (nSPS) is 11.6. The van der Waals surface area contributed by atoms with Gasteiger partial charge in [0.05, 0.1) is 0 Å². The Bertz CT molecular complexity index is 1310. The maximum absolute atomic E-state index is 13.9. The minimum absolute atomic E-state index is 0.0477. The zero-order valence-corrected chi connectivity index (χ0v) is 19.1. The van der Waals surface area contributed by atoms with Crippen LogP contribution in [0.15, 0.2) is 60.7 Å². The third kappa shape index (κ3) is 4.38. The highest BCUT2D eigenvalue weighted by molar-refractivity contribution is 5.88. The molecule has 0 unspecified atom stereocenters. The Kier molecular flexibility index (Phi) is 6.37. The molecule has 0 fully saturated rings. The van der Waals surface area contributed by atoms with Gasteiger partial charge in [-0.3, -0.25) is 5.10 Å². The lowest BCUT2D eigenvalue weighted by Gasteiger charge is -2.18. The summed E-state index contributed by atoms with van der Waals surface area (Å²) in [6.45, 7) is 5.68. The predicted octanol–water partition coefficient (Wildman–Crippen LogP) is 7.23. The third-order valence-electron chi connectivity index (χ3n) is 5.89. The maximum atomic E-state index is 13.9. The number of halogens is 3.